The minimum Gasteiger partial charge on any atom is -0.480 e. The van der Waals surface area contributed by atoms with E-state index in [0.717, 1.165) is 25.7 Å². The molecule has 182 valence electrons. The highest BCUT2D eigenvalue weighted by atomic mass is 16.5. The Labute approximate surface area is 204 Å². The van der Waals surface area contributed by atoms with Crippen molar-refractivity contribution in [2.75, 3.05) is 13.2 Å². The van der Waals surface area contributed by atoms with Gasteiger partial charge in [-0.05, 0) is 66.7 Å². The Bertz CT molecular complexity index is 1150. The normalized spacial score (nSPS) is 28.6. The Morgan fingerprint density at radius 3 is 2.37 bits per heavy atom. The number of aliphatic carboxylic acids is 1. The lowest BCUT2D eigenvalue weighted by Crippen LogP contribution is -2.51. The molecule has 0 radical (unpaired) electrons. The summed E-state index contributed by atoms with van der Waals surface area (Å²) in [5.74, 6) is -0.736. The lowest BCUT2D eigenvalue weighted by atomic mass is 9.95. The third-order valence-electron chi connectivity index (χ3n) is 8.55. The summed E-state index contributed by atoms with van der Waals surface area (Å²) in [5.41, 5.74) is 4.20. The van der Waals surface area contributed by atoms with Gasteiger partial charge in [-0.1, -0.05) is 48.5 Å². The van der Waals surface area contributed by atoms with Crippen molar-refractivity contribution >= 4 is 18.0 Å². The third-order valence-corrected chi connectivity index (χ3v) is 8.55. The number of carboxylic acids is 1. The number of hydrogen-bond acceptors (Lipinski definition) is 4. The molecule has 4 atom stereocenters. The van der Waals surface area contributed by atoms with Crippen molar-refractivity contribution < 1.29 is 24.2 Å². The molecule has 2 aromatic carbocycles. The fourth-order valence-electron chi connectivity index (χ4n) is 6.79. The minimum absolute atomic E-state index is 0.00473. The van der Waals surface area contributed by atoms with Crippen LogP contribution in [0.15, 0.2) is 48.5 Å². The van der Waals surface area contributed by atoms with E-state index in [0.29, 0.717) is 19.4 Å². The van der Waals surface area contributed by atoms with Crippen LogP contribution in [0.2, 0.25) is 0 Å². The van der Waals surface area contributed by atoms with E-state index in [1.54, 1.807) is 4.90 Å². The molecule has 7 nitrogen and oxygen atoms in total. The Morgan fingerprint density at radius 1 is 1.00 bits per heavy atom. The van der Waals surface area contributed by atoms with Crippen molar-refractivity contribution in [2.45, 2.75) is 56.5 Å². The molecule has 35 heavy (non-hydrogen) atoms. The highest BCUT2D eigenvalue weighted by molar-refractivity contribution is 5.90. The Hall–Kier alpha value is -3.35. The van der Waals surface area contributed by atoms with Gasteiger partial charge in [-0.25, -0.2) is 9.59 Å². The van der Waals surface area contributed by atoms with Gasteiger partial charge in [0, 0.05) is 18.5 Å². The van der Waals surface area contributed by atoms with Crippen LogP contribution in [0.5, 0.6) is 0 Å². The molecule has 0 bridgehead atoms. The summed E-state index contributed by atoms with van der Waals surface area (Å²) >= 11 is 0. The van der Waals surface area contributed by atoms with Crippen molar-refractivity contribution in [3.05, 3.63) is 59.7 Å². The molecule has 0 aromatic heterocycles. The fourth-order valence-corrected chi connectivity index (χ4v) is 6.79. The number of amides is 2. The quantitative estimate of drug-likeness (QED) is 0.679. The monoisotopic (exact) mass is 474 g/mol. The number of carbonyl (C=O) groups excluding carboxylic acids is 2. The van der Waals surface area contributed by atoms with E-state index < -0.39 is 23.5 Å². The average molecular weight is 475 g/mol. The Balaban J connectivity index is 1.07. The van der Waals surface area contributed by atoms with Crippen LogP contribution in [0.4, 0.5) is 4.79 Å². The second-order valence-corrected chi connectivity index (χ2v) is 10.5. The summed E-state index contributed by atoms with van der Waals surface area (Å²) in [6.07, 6.45) is 3.83. The summed E-state index contributed by atoms with van der Waals surface area (Å²) < 4.78 is 5.69. The van der Waals surface area contributed by atoms with Crippen molar-refractivity contribution in [3.8, 4) is 11.1 Å². The number of nitrogens with zero attached hydrogens (tertiary/aromatic N) is 1. The van der Waals surface area contributed by atoms with E-state index in [1.165, 1.54) is 22.3 Å². The predicted molar refractivity (Wildman–Crippen MR) is 129 cm³/mol. The van der Waals surface area contributed by atoms with Gasteiger partial charge in [0.05, 0.1) is 5.41 Å². The molecule has 2 amide bonds. The number of hydrogen-bond donors (Lipinski definition) is 2. The van der Waals surface area contributed by atoms with E-state index in [-0.39, 0.29) is 30.4 Å². The first-order valence-electron chi connectivity index (χ1n) is 12.6. The molecule has 2 aromatic rings. The van der Waals surface area contributed by atoms with Gasteiger partial charge < -0.3 is 20.1 Å². The first-order chi connectivity index (χ1) is 17.0. The summed E-state index contributed by atoms with van der Waals surface area (Å²) in [5, 5.41) is 12.6. The number of piperidine rings is 1. The number of alkyl carbamates (subject to hydrolysis) is 1. The van der Waals surface area contributed by atoms with Crippen LogP contribution in [0.3, 0.4) is 0 Å². The molecule has 1 saturated heterocycles. The lowest BCUT2D eigenvalue weighted by Gasteiger charge is -2.35. The standard InChI is InChI=1S/C28H30N2O5/c31-25(32)24-11-5-6-12-30(24)26(33)28-14-17(28)13-18(15-28)29-27(34)35-16-23-21-9-3-1-7-19(21)20-8-2-4-10-22(20)23/h1-4,7-10,17-18,23-24H,5-6,11-16H2,(H,29,34)(H,31,32)/t17-,18+,24+,28+/m0/s1. The van der Waals surface area contributed by atoms with Crippen LogP contribution in [0.1, 0.15) is 55.6 Å². The van der Waals surface area contributed by atoms with Gasteiger partial charge >= 0.3 is 12.1 Å². The molecule has 6 rings (SSSR count). The smallest absolute Gasteiger partial charge is 0.407 e. The van der Waals surface area contributed by atoms with Crippen LogP contribution in [-0.4, -0.2) is 53.2 Å². The number of carboxylic acid groups (broad SMARTS) is 1. The van der Waals surface area contributed by atoms with Gasteiger partial charge in [0.2, 0.25) is 5.91 Å². The molecule has 0 unspecified atom stereocenters. The second-order valence-electron chi connectivity index (χ2n) is 10.5. The van der Waals surface area contributed by atoms with Crippen LogP contribution in [-0.2, 0) is 14.3 Å². The largest absolute Gasteiger partial charge is 0.480 e. The molecule has 2 saturated carbocycles. The molecule has 0 spiro atoms. The maximum atomic E-state index is 13.4. The van der Waals surface area contributed by atoms with Gasteiger partial charge in [0.1, 0.15) is 12.6 Å². The maximum absolute atomic E-state index is 13.4. The van der Waals surface area contributed by atoms with Crippen molar-refractivity contribution in [3.63, 3.8) is 0 Å². The lowest BCUT2D eigenvalue weighted by molar-refractivity contribution is -0.154. The van der Waals surface area contributed by atoms with E-state index in [4.69, 9.17) is 4.74 Å². The molecular formula is C28H30N2O5. The second kappa shape index (κ2) is 8.40. The third kappa shape index (κ3) is 3.68. The Morgan fingerprint density at radius 2 is 1.69 bits per heavy atom. The first kappa shape index (κ1) is 22.1. The Kier molecular flexibility index (Phi) is 5.31. The SMILES string of the molecule is O=C(N[C@@H]1C[C@H]2C[C@@]2(C(=O)N2CCCC[C@@H]2C(=O)O)C1)OCC1c2ccccc2-c2ccccc21. The minimum atomic E-state index is -0.919. The van der Waals surface area contributed by atoms with Gasteiger partial charge in [-0.15, -0.1) is 0 Å². The summed E-state index contributed by atoms with van der Waals surface area (Å²) in [4.78, 5) is 39.3. The van der Waals surface area contributed by atoms with Gasteiger partial charge in [0.15, 0.2) is 0 Å². The number of rotatable bonds is 5. The van der Waals surface area contributed by atoms with E-state index in [9.17, 15) is 19.5 Å². The number of benzene rings is 2. The molecular weight excluding hydrogens is 444 g/mol. The fraction of sp³-hybridized carbons (Fsp3) is 0.464. The number of likely N-dealkylation sites (tertiary alicyclic amines) is 1. The van der Waals surface area contributed by atoms with E-state index in [1.807, 2.05) is 24.3 Å². The molecule has 3 aliphatic carbocycles. The van der Waals surface area contributed by atoms with Crippen molar-refractivity contribution in [1.29, 1.82) is 0 Å². The molecule has 3 fully saturated rings. The summed E-state index contributed by atoms with van der Waals surface area (Å²) in [6.45, 7) is 0.767. The molecule has 4 aliphatic rings. The number of carbonyl (C=O) groups is 3. The topological polar surface area (TPSA) is 95.9 Å². The summed E-state index contributed by atoms with van der Waals surface area (Å²) in [7, 11) is 0. The zero-order valence-electron chi connectivity index (χ0n) is 19.6. The molecule has 1 aliphatic heterocycles. The van der Waals surface area contributed by atoms with Crippen molar-refractivity contribution in [1.82, 2.24) is 10.2 Å². The maximum Gasteiger partial charge on any atom is 0.407 e. The van der Waals surface area contributed by atoms with Crippen LogP contribution in [0.25, 0.3) is 11.1 Å². The highest BCUT2D eigenvalue weighted by Crippen LogP contribution is 2.64. The average Bonchev–Trinajstić information content (AvgIpc) is 3.30. The summed E-state index contributed by atoms with van der Waals surface area (Å²) in [6, 6.07) is 15.6. The zero-order chi connectivity index (χ0) is 24.2. The van der Waals surface area contributed by atoms with Crippen LogP contribution in [0, 0.1) is 11.3 Å². The van der Waals surface area contributed by atoms with Gasteiger partial charge in [-0.2, -0.15) is 0 Å². The highest BCUT2D eigenvalue weighted by Gasteiger charge is 2.66. The van der Waals surface area contributed by atoms with Crippen LogP contribution >= 0.6 is 0 Å². The zero-order valence-corrected chi connectivity index (χ0v) is 19.6. The molecule has 1 heterocycles. The number of fused-ring (bicyclic) bond motifs is 4. The van der Waals surface area contributed by atoms with Crippen LogP contribution < -0.4 is 5.32 Å². The van der Waals surface area contributed by atoms with Crippen molar-refractivity contribution in [2.24, 2.45) is 11.3 Å². The molecule has 7 heteroatoms. The van der Waals surface area contributed by atoms with E-state index >= 15 is 0 Å². The van der Waals surface area contributed by atoms with E-state index in [2.05, 4.69) is 29.6 Å². The number of ether oxygens (including phenoxy) is 1. The first-order valence-corrected chi connectivity index (χ1v) is 12.6. The number of nitrogens with one attached hydrogen (secondary N) is 1. The predicted octanol–water partition coefficient (Wildman–Crippen LogP) is 4.16. The van der Waals surface area contributed by atoms with Gasteiger partial charge in [-0.3, -0.25) is 4.79 Å². The van der Waals surface area contributed by atoms with Gasteiger partial charge in [0.25, 0.3) is 0 Å². The molecule has 2 N–H and O–H groups in total.